The van der Waals surface area contributed by atoms with Crippen molar-refractivity contribution in [2.75, 3.05) is 12.1 Å². The van der Waals surface area contributed by atoms with Crippen LogP contribution in [-0.4, -0.2) is 22.7 Å². The molecule has 1 aliphatic heterocycles. The first-order valence-corrected chi connectivity index (χ1v) is 9.56. The highest BCUT2D eigenvalue weighted by molar-refractivity contribution is 6.02. The molecule has 2 aromatic heterocycles. The summed E-state index contributed by atoms with van der Waals surface area (Å²) in [7, 11) is 0. The van der Waals surface area contributed by atoms with Crippen LogP contribution in [0.25, 0.3) is 11.0 Å². The Morgan fingerprint density at radius 3 is 2.71 bits per heavy atom. The zero-order valence-electron chi connectivity index (χ0n) is 16.3. The number of pyridine rings is 1. The van der Waals surface area contributed by atoms with Crippen molar-refractivity contribution in [3.05, 3.63) is 47.8 Å². The molecule has 146 valence electrons. The van der Waals surface area contributed by atoms with Gasteiger partial charge in [0.1, 0.15) is 5.65 Å². The van der Waals surface area contributed by atoms with Gasteiger partial charge in [0.05, 0.1) is 17.3 Å². The van der Waals surface area contributed by atoms with Gasteiger partial charge >= 0.3 is 0 Å². The molecule has 6 heteroatoms. The Morgan fingerprint density at radius 1 is 1.18 bits per heavy atom. The number of amides is 1. The smallest absolute Gasteiger partial charge is 0.235 e. The monoisotopic (exact) mass is 379 g/mol. The molecule has 6 nitrogen and oxygen atoms in total. The molecule has 2 N–H and O–H groups in total. The van der Waals surface area contributed by atoms with Crippen LogP contribution in [0.2, 0.25) is 0 Å². The molecule has 3 aromatic rings. The molecule has 3 heterocycles. The van der Waals surface area contributed by atoms with E-state index in [1.54, 1.807) is 6.20 Å². The first kappa shape index (κ1) is 17.1. The van der Waals surface area contributed by atoms with E-state index >= 15 is 0 Å². The third-order valence-electron chi connectivity index (χ3n) is 5.65. The number of ether oxygens (including phenoxy) is 2. The summed E-state index contributed by atoms with van der Waals surface area (Å²) < 4.78 is 10.8. The van der Waals surface area contributed by atoms with Crippen molar-refractivity contribution in [3.63, 3.8) is 0 Å². The van der Waals surface area contributed by atoms with Crippen LogP contribution in [0.1, 0.15) is 46.3 Å². The number of aromatic amines is 1. The average molecular weight is 379 g/mol. The Labute approximate surface area is 164 Å². The Kier molecular flexibility index (Phi) is 3.50. The minimum Gasteiger partial charge on any atom is -0.454 e. The van der Waals surface area contributed by atoms with Crippen LogP contribution >= 0.6 is 0 Å². The number of aromatic nitrogens is 2. The van der Waals surface area contributed by atoms with Gasteiger partial charge in [-0.1, -0.05) is 26.8 Å². The number of H-pyrrole nitrogens is 1. The maximum absolute atomic E-state index is 13.1. The van der Waals surface area contributed by atoms with Crippen LogP contribution < -0.4 is 14.8 Å². The van der Waals surface area contributed by atoms with E-state index < -0.39 is 5.41 Å². The topological polar surface area (TPSA) is 76.2 Å². The van der Waals surface area contributed by atoms with E-state index in [1.165, 1.54) is 0 Å². The summed E-state index contributed by atoms with van der Waals surface area (Å²) in [5, 5.41) is 4.06. The predicted octanol–water partition coefficient (Wildman–Crippen LogP) is 4.51. The fraction of sp³-hybridized carbons (Fsp3) is 0.364. The van der Waals surface area contributed by atoms with E-state index in [4.69, 9.17) is 9.47 Å². The van der Waals surface area contributed by atoms with Gasteiger partial charge in [0.25, 0.3) is 0 Å². The lowest BCUT2D eigenvalue weighted by Gasteiger charge is -2.16. The van der Waals surface area contributed by atoms with Crippen LogP contribution in [-0.2, 0) is 15.6 Å². The second-order valence-corrected chi connectivity index (χ2v) is 8.70. The van der Waals surface area contributed by atoms with E-state index in [1.807, 2.05) is 24.3 Å². The lowest BCUT2D eigenvalue weighted by Crippen LogP contribution is -2.27. The Balaban J connectivity index is 0.00000205. The van der Waals surface area contributed by atoms with Crippen molar-refractivity contribution in [2.45, 2.75) is 44.4 Å². The van der Waals surface area contributed by atoms with E-state index in [0.29, 0.717) is 11.4 Å². The largest absolute Gasteiger partial charge is 0.454 e. The zero-order valence-corrected chi connectivity index (χ0v) is 16.3. The number of nitrogens with zero attached hydrogens (tertiary/aromatic N) is 1. The van der Waals surface area contributed by atoms with Gasteiger partial charge in [-0.2, -0.15) is 0 Å². The molecule has 5 rings (SSSR count). The number of carbonyl (C=O) groups is 1. The lowest BCUT2D eigenvalue weighted by atomic mass is 9.92. The minimum absolute atomic E-state index is 0. The molecule has 0 unspecified atom stereocenters. The van der Waals surface area contributed by atoms with Gasteiger partial charge < -0.3 is 19.8 Å². The van der Waals surface area contributed by atoms with Gasteiger partial charge in [-0.05, 0) is 42.7 Å². The van der Waals surface area contributed by atoms with Crippen molar-refractivity contribution < 1.29 is 15.7 Å². The zero-order chi connectivity index (χ0) is 19.5. The van der Waals surface area contributed by atoms with E-state index in [0.717, 1.165) is 40.9 Å². The van der Waals surface area contributed by atoms with Crippen molar-refractivity contribution in [1.82, 2.24) is 9.97 Å². The molecule has 1 fully saturated rings. The van der Waals surface area contributed by atoms with E-state index in [9.17, 15) is 4.79 Å². The van der Waals surface area contributed by atoms with Gasteiger partial charge in [0.2, 0.25) is 12.7 Å². The summed E-state index contributed by atoms with van der Waals surface area (Å²) in [5.41, 5.74) is 3.16. The molecule has 0 radical (unpaired) electrons. The summed E-state index contributed by atoms with van der Waals surface area (Å²) in [6.45, 7) is 6.70. The number of benzene rings is 1. The minimum atomic E-state index is -0.495. The van der Waals surface area contributed by atoms with Gasteiger partial charge in [0, 0.05) is 17.9 Å². The third kappa shape index (κ3) is 2.71. The van der Waals surface area contributed by atoms with Crippen molar-refractivity contribution in [2.24, 2.45) is 0 Å². The summed E-state index contributed by atoms with van der Waals surface area (Å²) >= 11 is 0. The highest BCUT2D eigenvalue weighted by Gasteiger charge is 2.51. The number of rotatable bonds is 3. The number of anilines is 1. The fourth-order valence-corrected chi connectivity index (χ4v) is 3.70. The maximum atomic E-state index is 13.1. The summed E-state index contributed by atoms with van der Waals surface area (Å²) in [5.74, 6) is 1.44. The predicted molar refractivity (Wildman–Crippen MR) is 109 cm³/mol. The molecule has 28 heavy (non-hydrogen) atoms. The van der Waals surface area contributed by atoms with Gasteiger partial charge in [-0.3, -0.25) is 4.79 Å². The molecule has 1 aliphatic carbocycles. The Bertz CT molecular complexity index is 1100. The molecule has 2 aliphatic rings. The number of hydrogen-bond acceptors (Lipinski definition) is 4. The molecule has 0 saturated heterocycles. The summed E-state index contributed by atoms with van der Waals surface area (Å²) in [6, 6.07) is 9.85. The van der Waals surface area contributed by atoms with Gasteiger partial charge in [-0.15, -0.1) is 0 Å². The van der Waals surface area contributed by atoms with Gasteiger partial charge in [0.15, 0.2) is 11.5 Å². The van der Waals surface area contributed by atoms with Crippen LogP contribution in [0, 0.1) is 0 Å². The van der Waals surface area contributed by atoms with Crippen LogP contribution in [0.5, 0.6) is 11.5 Å². The fourth-order valence-electron chi connectivity index (χ4n) is 3.70. The van der Waals surface area contributed by atoms with Crippen molar-refractivity contribution >= 4 is 22.6 Å². The van der Waals surface area contributed by atoms with Crippen LogP contribution in [0.15, 0.2) is 36.5 Å². The quantitative estimate of drug-likeness (QED) is 0.702. The average Bonchev–Trinajstić information content (AvgIpc) is 3.13. The standard InChI is InChI=1S/C22H23N3O3.H2/c1-21(2,3)18-9-13-8-15(11-23-19(13)25-18)24-20(26)22(6-7-22)14-4-5-16-17(10-14)28-12-27-16;/h4-5,8-11H,6-7,12H2,1-3H3,(H,23,25)(H,24,26);1H. The third-order valence-corrected chi connectivity index (χ3v) is 5.65. The normalized spacial score (nSPS) is 17.0. The Morgan fingerprint density at radius 2 is 1.96 bits per heavy atom. The molecular formula is C22H25N3O3. The van der Waals surface area contributed by atoms with E-state index in [-0.39, 0.29) is 19.5 Å². The lowest BCUT2D eigenvalue weighted by molar-refractivity contribution is -0.118. The molecule has 1 amide bonds. The molecule has 0 bridgehead atoms. The SMILES string of the molecule is CC(C)(C)c1cc2cc(NC(=O)C3(c4ccc5c(c4)OCO5)CC3)cnc2[nH]1.[HH]. The highest BCUT2D eigenvalue weighted by atomic mass is 16.7. The number of nitrogens with one attached hydrogen (secondary N) is 2. The number of hydrogen-bond donors (Lipinski definition) is 2. The van der Waals surface area contributed by atoms with E-state index in [2.05, 4.69) is 42.1 Å². The maximum Gasteiger partial charge on any atom is 0.235 e. The van der Waals surface area contributed by atoms with Crippen molar-refractivity contribution in [3.8, 4) is 11.5 Å². The van der Waals surface area contributed by atoms with Crippen LogP contribution in [0.3, 0.4) is 0 Å². The van der Waals surface area contributed by atoms with Crippen LogP contribution in [0.4, 0.5) is 5.69 Å². The molecule has 0 atom stereocenters. The second kappa shape index (κ2) is 5.74. The van der Waals surface area contributed by atoms with Gasteiger partial charge in [-0.25, -0.2) is 4.98 Å². The summed E-state index contributed by atoms with van der Waals surface area (Å²) in [6.07, 6.45) is 3.36. The molecular weight excluding hydrogens is 354 g/mol. The number of fused-ring (bicyclic) bond motifs is 2. The van der Waals surface area contributed by atoms with Crippen molar-refractivity contribution in [1.29, 1.82) is 0 Å². The molecule has 1 aromatic carbocycles. The molecule has 0 spiro atoms. The first-order chi connectivity index (χ1) is 13.3. The Hall–Kier alpha value is -3.02. The first-order valence-electron chi connectivity index (χ1n) is 9.56. The summed E-state index contributed by atoms with van der Waals surface area (Å²) in [4.78, 5) is 20.9. The number of carbonyl (C=O) groups excluding carboxylic acids is 1. The second-order valence-electron chi connectivity index (χ2n) is 8.70. The highest BCUT2D eigenvalue weighted by Crippen LogP contribution is 2.51. The molecule has 1 saturated carbocycles.